The number of hydrogen-bond donors (Lipinski definition) is 1. The van der Waals surface area contributed by atoms with Crippen molar-refractivity contribution in [3.8, 4) is 28.7 Å². The van der Waals surface area contributed by atoms with Crippen molar-refractivity contribution in [2.24, 2.45) is 0 Å². The van der Waals surface area contributed by atoms with Gasteiger partial charge in [-0.25, -0.2) is 0 Å². The van der Waals surface area contributed by atoms with Gasteiger partial charge in [0.15, 0.2) is 29.3 Å². The Morgan fingerprint density at radius 2 is 1.70 bits per heavy atom. The highest BCUT2D eigenvalue weighted by Gasteiger charge is 2.45. The van der Waals surface area contributed by atoms with E-state index in [1.807, 2.05) is 19.2 Å². The van der Waals surface area contributed by atoms with Gasteiger partial charge in [-0.3, -0.25) is 4.90 Å². The minimum Gasteiger partial charge on any atom is -0.496 e. The van der Waals surface area contributed by atoms with Crippen LogP contribution in [0.2, 0.25) is 0 Å². The highest BCUT2D eigenvalue weighted by molar-refractivity contribution is 5.61. The van der Waals surface area contributed by atoms with Crippen LogP contribution < -0.4 is 23.7 Å². The maximum Gasteiger partial charge on any atom is 0.231 e. The molecule has 3 aliphatic rings. The van der Waals surface area contributed by atoms with Crippen molar-refractivity contribution in [2.75, 3.05) is 41.7 Å². The molecule has 30 heavy (non-hydrogen) atoms. The van der Waals surface area contributed by atoms with Gasteiger partial charge in [0, 0.05) is 18.2 Å². The summed E-state index contributed by atoms with van der Waals surface area (Å²) < 4.78 is 34.2. The van der Waals surface area contributed by atoms with E-state index >= 15 is 0 Å². The number of fused-ring (bicyclic) bond motifs is 6. The number of rotatable bonds is 3. The Labute approximate surface area is 174 Å². The van der Waals surface area contributed by atoms with Gasteiger partial charge in [-0.2, -0.15) is 0 Å². The molecule has 8 nitrogen and oxygen atoms in total. The van der Waals surface area contributed by atoms with Crippen molar-refractivity contribution in [2.45, 2.75) is 24.9 Å². The van der Waals surface area contributed by atoms with Crippen LogP contribution in [0.1, 0.15) is 40.7 Å². The molecule has 3 aliphatic heterocycles. The Bertz CT molecular complexity index is 992. The Balaban J connectivity index is 1.73. The van der Waals surface area contributed by atoms with E-state index in [1.165, 1.54) is 0 Å². The lowest BCUT2D eigenvalue weighted by atomic mass is 9.86. The van der Waals surface area contributed by atoms with Gasteiger partial charge in [0.05, 0.1) is 32.9 Å². The number of aliphatic hydroxyl groups is 1. The summed E-state index contributed by atoms with van der Waals surface area (Å²) in [6.45, 7) is 1.01. The van der Waals surface area contributed by atoms with Crippen molar-refractivity contribution >= 4 is 0 Å². The van der Waals surface area contributed by atoms with Gasteiger partial charge in [-0.05, 0) is 36.7 Å². The summed E-state index contributed by atoms with van der Waals surface area (Å²) in [4.78, 5) is 2.22. The SMILES string of the molecule is COc1cc(OC)c2c(c1OC)[C@H](O)OC1c3cc4c(cc3CCN(C)[C@H]21)OCO4. The second-order valence-electron chi connectivity index (χ2n) is 7.63. The molecule has 3 atom stereocenters. The second-order valence-corrected chi connectivity index (χ2v) is 7.63. The Kier molecular flexibility index (Phi) is 4.65. The topological polar surface area (TPSA) is 78.9 Å². The molecular formula is C22H25NO7. The number of nitrogens with zero attached hydrogens (tertiary/aromatic N) is 1. The zero-order valence-electron chi connectivity index (χ0n) is 17.4. The van der Waals surface area contributed by atoms with Gasteiger partial charge >= 0.3 is 0 Å². The third-order valence-corrected chi connectivity index (χ3v) is 6.18. The molecule has 8 heteroatoms. The van der Waals surface area contributed by atoms with Crippen LogP contribution in [0.4, 0.5) is 0 Å². The lowest BCUT2D eigenvalue weighted by Gasteiger charge is -2.41. The maximum atomic E-state index is 11.1. The van der Waals surface area contributed by atoms with Crippen molar-refractivity contribution in [1.82, 2.24) is 4.90 Å². The number of ether oxygens (including phenoxy) is 6. The highest BCUT2D eigenvalue weighted by Crippen LogP contribution is 2.56. The molecule has 0 saturated carbocycles. The Morgan fingerprint density at radius 3 is 2.40 bits per heavy atom. The normalized spacial score (nSPS) is 24.4. The molecule has 0 amide bonds. The van der Waals surface area contributed by atoms with Crippen LogP contribution in [0.25, 0.3) is 0 Å². The minimum atomic E-state index is -1.20. The quantitative estimate of drug-likeness (QED) is 0.820. The first-order valence-electron chi connectivity index (χ1n) is 9.86. The lowest BCUT2D eigenvalue weighted by Crippen LogP contribution is -2.35. The summed E-state index contributed by atoms with van der Waals surface area (Å²) in [6.07, 6.45) is -0.804. The van der Waals surface area contributed by atoms with E-state index in [0.29, 0.717) is 28.6 Å². The summed E-state index contributed by atoms with van der Waals surface area (Å²) in [5, 5.41) is 11.1. The molecule has 0 saturated heterocycles. The van der Waals surface area contributed by atoms with Gasteiger partial charge in [0.25, 0.3) is 0 Å². The van der Waals surface area contributed by atoms with E-state index in [2.05, 4.69) is 4.90 Å². The fraction of sp³-hybridized carbons (Fsp3) is 0.455. The lowest BCUT2D eigenvalue weighted by molar-refractivity contribution is -0.175. The van der Waals surface area contributed by atoms with Crippen molar-refractivity contribution < 1.29 is 33.5 Å². The van der Waals surface area contributed by atoms with Crippen molar-refractivity contribution in [1.29, 1.82) is 0 Å². The van der Waals surface area contributed by atoms with Gasteiger partial charge in [0.1, 0.15) is 11.9 Å². The van der Waals surface area contributed by atoms with Gasteiger partial charge in [0.2, 0.25) is 6.79 Å². The first-order chi connectivity index (χ1) is 14.6. The van der Waals surface area contributed by atoms with Gasteiger partial charge < -0.3 is 33.5 Å². The monoisotopic (exact) mass is 415 g/mol. The Morgan fingerprint density at radius 1 is 0.967 bits per heavy atom. The summed E-state index contributed by atoms with van der Waals surface area (Å²) in [5.74, 6) is 2.99. The number of methoxy groups -OCH3 is 3. The predicted octanol–water partition coefficient (Wildman–Crippen LogP) is 2.73. The van der Waals surface area contributed by atoms with Crippen molar-refractivity contribution in [3.05, 3.63) is 40.5 Å². The summed E-state index contributed by atoms with van der Waals surface area (Å²) in [6, 6.07) is 5.59. The Hall–Kier alpha value is -2.68. The second kappa shape index (κ2) is 7.23. The number of hydrogen-bond acceptors (Lipinski definition) is 8. The minimum absolute atomic E-state index is 0.195. The van der Waals surface area contributed by atoms with Crippen LogP contribution in [0.3, 0.4) is 0 Å². The van der Waals surface area contributed by atoms with Crippen LogP contribution in [0.15, 0.2) is 18.2 Å². The smallest absolute Gasteiger partial charge is 0.231 e. The van der Waals surface area contributed by atoms with E-state index in [-0.39, 0.29) is 12.8 Å². The van der Waals surface area contributed by atoms with Crippen LogP contribution in [-0.4, -0.2) is 51.7 Å². The molecule has 2 aromatic rings. The first-order valence-corrected chi connectivity index (χ1v) is 9.86. The van der Waals surface area contributed by atoms with Crippen LogP contribution in [0.5, 0.6) is 28.7 Å². The predicted molar refractivity (Wildman–Crippen MR) is 107 cm³/mol. The molecule has 0 aliphatic carbocycles. The summed E-state index contributed by atoms with van der Waals surface area (Å²) >= 11 is 0. The third kappa shape index (κ3) is 2.71. The van der Waals surface area contributed by atoms with E-state index in [0.717, 1.165) is 35.4 Å². The van der Waals surface area contributed by atoms with E-state index in [9.17, 15) is 5.11 Å². The van der Waals surface area contributed by atoms with E-state index in [4.69, 9.17) is 28.4 Å². The molecule has 5 rings (SSSR count). The van der Waals surface area contributed by atoms with Crippen LogP contribution >= 0.6 is 0 Å². The summed E-state index contributed by atoms with van der Waals surface area (Å²) in [7, 11) is 6.77. The molecule has 0 fully saturated rings. The average Bonchev–Trinajstić information content (AvgIpc) is 3.17. The fourth-order valence-corrected chi connectivity index (χ4v) is 4.78. The van der Waals surface area contributed by atoms with Gasteiger partial charge in [-0.15, -0.1) is 0 Å². The number of likely N-dealkylation sites (N-methyl/N-ethyl adjacent to an activating group) is 1. The highest BCUT2D eigenvalue weighted by atomic mass is 16.7. The molecule has 1 unspecified atom stereocenters. The molecule has 0 bridgehead atoms. The standard InChI is InChI=1S/C22H25NO7/c1-23-6-5-11-7-13-14(29-10-28-13)8-12(11)20-19(23)17-15(25-2)9-16(26-3)21(27-4)18(17)22(24)30-20/h7-9,19-20,22,24H,5-6,10H2,1-4H3/t19-,20?,22-/m1/s1. The largest absolute Gasteiger partial charge is 0.496 e. The zero-order chi connectivity index (χ0) is 21.0. The molecule has 0 aromatic heterocycles. The third-order valence-electron chi connectivity index (χ3n) is 6.18. The number of aliphatic hydroxyl groups excluding tert-OH is 1. The van der Waals surface area contributed by atoms with E-state index in [1.54, 1.807) is 27.4 Å². The molecule has 2 aromatic carbocycles. The van der Waals surface area contributed by atoms with Gasteiger partial charge in [-0.1, -0.05) is 0 Å². The molecule has 160 valence electrons. The molecule has 0 radical (unpaired) electrons. The zero-order valence-corrected chi connectivity index (χ0v) is 17.4. The summed E-state index contributed by atoms with van der Waals surface area (Å²) in [5.41, 5.74) is 3.47. The molecule has 1 N–H and O–H groups in total. The average molecular weight is 415 g/mol. The van der Waals surface area contributed by atoms with Crippen LogP contribution in [0, 0.1) is 0 Å². The van der Waals surface area contributed by atoms with Crippen LogP contribution in [-0.2, 0) is 11.2 Å². The molecular weight excluding hydrogens is 390 g/mol. The van der Waals surface area contributed by atoms with E-state index < -0.39 is 12.4 Å². The molecule has 3 heterocycles. The molecule has 0 spiro atoms. The maximum absolute atomic E-state index is 11.1. The first kappa shape index (κ1) is 19.3. The fourth-order valence-electron chi connectivity index (χ4n) is 4.78. The van der Waals surface area contributed by atoms with Crippen molar-refractivity contribution in [3.63, 3.8) is 0 Å². The number of benzene rings is 2.